The van der Waals surface area contributed by atoms with Crippen LogP contribution < -0.4 is 5.32 Å². The fraction of sp³-hybridized carbons (Fsp3) is 0.357. The molecule has 0 aliphatic rings. The number of hydrogen-bond donors (Lipinski definition) is 2. The number of benzene rings is 1. The number of Topliss-reactive ketones (excluding diaryl/α,β-unsaturated/α-hetero) is 1. The summed E-state index contributed by atoms with van der Waals surface area (Å²) in [7, 11) is 0. The molecule has 0 heterocycles. The zero-order valence-corrected chi connectivity index (χ0v) is 12.8. The Balaban J connectivity index is 2.56. The minimum atomic E-state index is -0.828. The van der Waals surface area contributed by atoms with Crippen molar-refractivity contribution in [3.63, 3.8) is 0 Å². The first kappa shape index (κ1) is 15.9. The van der Waals surface area contributed by atoms with Crippen molar-refractivity contribution in [1.29, 1.82) is 0 Å². The molecule has 2 N–H and O–H groups in total. The van der Waals surface area contributed by atoms with Crippen molar-refractivity contribution >= 4 is 15.8 Å². The Labute approximate surface area is 123 Å². The molecule has 0 unspecified atom stereocenters. The molecule has 0 saturated carbocycles. The molecule has 0 fully saturated rings. The van der Waals surface area contributed by atoms with Crippen molar-refractivity contribution in [3.05, 3.63) is 35.9 Å². The normalized spacial score (nSPS) is 11.8. The van der Waals surface area contributed by atoms with Gasteiger partial charge in [-0.2, -0.15) is 0 Å². The van der Waals surface area contributed by atoms with Crippen LogP contribution >= 0.6 is 0 Å². The molecule has 4 nitrogen and oxygen atoms in total. The summed E-state index contributed by atoms with van der Waals surface area (Å²) in [5.74, 6) is -0.773. The molecular formula is C14H17MoNO3. The molecule has 0 aliphatic carbocycles. The Hall–Kier alpha value is -1.12. The molecule has 0 aliphatic heterocycles. The maximum atomic E-state index is 11.6. The maximum absolute atomic E-state index is 11.6. The molecule has 5 heteroatoms. The molecule has 0 aromatic heterocycles. The van der Waals surface area contributed by atoms with Crippen molar-refractivity contribution in [2.45, 2.75) is 32.2 Å². The third kappa shape index (κ3) is 6.55. The minimum absolute atomic E-state index is 0.0558. The number of nitrogens with one attached hydrogen (secondary N) is 1. The van der Waals surface area contributed by atoms with Crippen molar-refractivity contribution in [2.24, 2.45) is 0 Å². The van der Waals surface area contributed by atoms with E-state index < -0.39 is 5.97 Å². The molecule has 0 saturated heterocycles. The number of carboxylic acids is 1. The van der Waals surface area contributed by atoms with Gasteiger partial charge in [-0.1, -0.05) is 0 Å². The molecular weight excluding hydrogens is 326 g/mol. The summed E-state index contributed by atoms with van der Waals surface area (Å²) in [5, 5.41) is 11.8. The van der Waals surface area contributed by atoms with E-state index in [1.54, 1.807) is 26.3 Å². The number of ketones is 1. The van der Waals surface area contributed by atoms with Crippen LogP contribution in [0.15, 0.2) is 30.3 Å². The van der Waals surface area contributed by atoms with E-state index in [0.29, 0.717) is 12.8 Å². The van der Waals surface area contributed by atoms with Crippen LogP contribution in [-0.4, -0.2) is 26.9 Å². The van der Waals surface area contributed by atoms with Gasteiger partial charge in [-0.15, -0.1) is 0 Å². The van der Waals surface area contributed by atoms with Crippen LogP contribution in [0, 0.1) is 0 Å². The van der Waals surface area contributed by atoms with Gasteiger partial charge in [0.1, 0.15) is 0 Å². The van der Waals surface area contributed by atoms with E-state index in [2.05, 4.69) is 5.32 Å². The molecule has 0 spiro atoms. The van der Waals surface area contributed by atoms with Crippen molar-refractivity contribution in [3.8, 4) is 0 Å². The van der Waals surface area contributed by atoms with Gasteiger partial charge in [-0.05, 0) is 0 Å². The van der Waals surface area contributed by atoms with E-state index in [-0.39, 0.29) is 18.2 Å². The van der Waals surface area contributed by atoms with E-state index >= 15 is 0 Å². The Morgan fingerprint density at radius 1 is 1.26 bits per heavy atom. The summed E-state index contributed by atoms with van der Waals surface area (Å²) in [5.41, 5.74) is 1.09. The quantitative estimate of drug-likeness (QED) is 0.699. The van der Waals surface area contributed by atoms with E-state index in [9.17, 15) is 9.59 Å². The molecule has 19 heavy (non-hydrogen) atoms. The zero-order valence-electron chi connectivity index (χ0n) is 10.8. The first-order chi connectivity index (χ1) is 8.99. The van der Waals surface area contributed by atoms with Crippen LogP contribution in [-0.2, 0) is 35.4 Å². The third-order valence-corrected chi connectivity index (χ3v) is 3.47. The van der Waals surface area contributed by atoms with Crippen LogP contribution in [0.1, 0.15) is 25.3 Å². The van der Waals surface area contributed by atoms with Gasteiger partial charge in [0.25, 0.3) is 0 Å². The van der Waals surface area contributed by atoms with E-state index in [4.69, 9.17) is 5.11 Å². The number of hydrogen-bond acceptors (Lipinski definition) is 3. The summed E-state index contributed by atoms with van der Waals surface area (Å²) in [6.45, 7) is 1.55. The second-order valence-electron chi connectivity index (χ2n) is 4.31. The average Bonchev–Trinajstić information content (AvgIpc) is 2.36. The summed E-state index contributed by atoms with van der Waals surface area (Å²) in [6, 6.07) is 9.47. The van der Waals surface area contributed by atoms with Gasteiger partial charge >= 0.3 is 123 Å². The second-order valence-corrected chi connectivity index (χ2v) is 5.53. The average molecular weight is 343 g/mol. The Bertz CT molecular complexity index is 459. The fourth-order valence-corrected chi connectivity index (χ4v) is 2.23. The summed E-state index contributed by atoms with van der Waals surface area (Å²) in [4.78, 5) is 22.1. The summed E-state index contributed by atoms with van der Waals surface area (Å²) in [6.07, 6.45) is 1.14. The summed E-state index contributed by atoms with van der Waals surface area (Å²) >= 11 is 1.75. The second kappa shape index (κ2) is 8.13. The Kier molecular flexibility index (Phi) is 6.82. The van der Waals surface area contributed by atoms with Crippen LogP contribution in [0.25, 0.3) is 0 Å². The van der Waals surface area contributed by atoms with Gasteiger partial charge in [-0.25, -0.2) is 0 Å². The number of aliphatic carboxylic acids is 1. The van der Waals surface area contributed by atoms with Crippen molar-refractivity contribution in [1.82, 2.24) is 5.32 Å². The van der Waals surface area contributed by atoms with Crippen LogP contribution in [0.5, 0.6) is 0 Å². The van der Waals surface area contributed by atoms with Gasteiger partial charge in [0, 0.05) is 0 Å². The SMILES string of the molecule is CC(=O)[C@H](Cc1ccccc1)N[C](=[Mo])CCC(=O)O. The van der Waals surface area contributed by atoms with Gasteiger partial charge in [0.2, 0.25) is 0 Å². The predicted molar refractivity (Wildman–Crippen MR) is 69.6 cm³/mol. The number of carbonyl (C=O) groups is 2. The first-order valence-corrected chi connectivity index (χ1v) is 7.05. The van der Waals surface area contributed by atoms with Gasteiger partial charge in [-0.3, -0.25) is 0 Å². The molecule has 1 rings (SSSR count). The van der Waals surface area contributed by atoms with Gasteiger partial charge in [0.05, 0.1) is 0 Å². The van der Waals surface area contributed by atoms with E-state index in [0.717, 1.165) is 9.59 Å². The Morgan fingerprint density at radius 3 is 2.42 bits per heavy atom. The van der Waals surface area contributed by atoms with Crippen molar-refractivity contribution < 1.29 is 34.0 Å². The molecule has 1 aromatic rings. The summed E-state index contributed by atoms with van der Waals surface area (Å²) < 4.78 is 0.842. The Morgan fingerprint density at radius 2 is 1.89 bits per heavy atom. The zero-order chi connectivity index (χ0) is 14.3. The molecule has 1 atom stereocenters. The fourth-order valence-electron chi connectivity index (χ4n) is 1.63. The van der Waals surface area contributed by atoms with Crippen LogP contribution in [0.4, 0.5) is 0 Å². The van der Waals surface area contributed by atoms with Crippen LogP contribution in [0.2, 0.25) is 0 Å². The monoisotopic (exact) mass is 345 g/mol. The number of rotatable bonds is 8. The number of carbonyl (C=O) groups excluding carboxylic acids is 1. The van der Waals surface area contributed by atoms with Crippen molar-refractivity contribution in [2.75, 3.05) is 0 Å². The molecule has 0 radical (unpaired) electrons. The first-order valence-electron chi connectivity index (χ1n) is 6.04. The standard InChI is InChI=1S/C14H17NO3.Mo/c1-11(16)13(15-9-5-8-14(17)18)10-12-6-3-2-4-7-12;/h2-4,6-7,13,15H,5,8,10H2,1H3,(H,17,18);/t13-;/m0./s1. The predicted octanol–water partition coefficient (Wildman–Crippen LogP) is 1.32. The third-order valence-electron chi connectivity index (χ3n) is 2.67. The molecule has 102 valence electrons. The van der Waals surface area contributed by atoms with Crippen LogP contribution in [0.3, 0.4) is 0 Å². The van der Waals surface area contributed by atoms with Gasteiger partial charge < -0.3 is 0 Å². The van der Waals surface area contributed by atoms with E-state index in [1.165, 1.54) is 0 Å². The molecule has 1 aromatic carbocycles. The molecule has 0 bridgehead atoms. The molecule has 0 amide bonds. The topological polar surface area (TPSA) is 66.4 Å². The number of carboxylic acid groups (broad SMARTS) is 1. The van der Waals surface area contributed by atoms with Gasteiger partial charge in [0.15, 0.2) is 0 Å². The van der Waals surface area contributed by atoms with E-state index in [1.807, 2.05) is 30.3 Å².